The number of carbonyl (C=O) groups excluding carboxylic acids is 1. The lowest BCUT2D eigenvalue weighted by molar-refractivity contribution is -0.906. The van der Waals surface area contributed by atoms with E-state index in [1.54, 1.807) is 20.8 Å². The number of methoxy groups -OCH3 is 1. The minimum atomic E-state index is -1.68. The van der Waals surface area contributed by atoms with Gasteiger partial charge in [-0.3, -0.25) is 0 Å². The summed E-state index contributed by atoms with van der Waals surface area (Å²) in [4.78, 5) is 12.5. The van der Waals surface area contributed by atoms with Crippen LogP contribution in [0.5, 0.6) is 0 Å². The summed E-state index contributed by atoms with van der Waals surface area (Å²) >= 11 is 0. The van der Waals surface area contributed by atoms with Gasteiger partial charge in [0.15, 0.2) is 5.60 Å². The van der Waals surface area contributed by atoms with Gasteiger partial charge in [0.1, 0.15) is 18.8 Å². The predicted octanol–water partition coefficient (Wildman–Crippen LogP) is -2.52. The number of aliphatic hydroxyl groups is 2. The van der Waals surface area contributed by atoms with E-state index in [1.165, 1.54) is 7.11 Å². The zero-order chi connectivity index (χ0) is 17.4. The Balaban J connectivity index is 0.00000288. The molecule has 5 atom stereocenters. The van der Waals surface area contributed by atoms with Gasteiger partial charge in [0.05, 0.1) is 26.2 Å². The predicted molar refractivity (Wildman–Crippen MR) is 85.6 cm³/mol. The van der Waals surface area contributed by atoms with Gasteiger partial charge in [0.2, 0.25) is 0 Å². The molecule has 1 fully saturated rings. The second-order valence-corrected chi connectivity index (χ2v) is 7.40. The summed E-state index contributed by atoms with van der Waals surface area (Å²) in [7, 11) is 3.58. The maximum atomic E-state index is 12.5. The summed E-state index contributed by atoms with van der Waals surface area (Å²) < 4.78 is 11.4. The van der Waals surface area contributed by atoms with Crippen LogP contribution < -0.4 is 24.0 Å². The number of rotatable bonds is 6. The second kappa shape index (κ2) is 7.99. The Morgan fingerprint density at radius 1 is 1.46 bits per heavy atom. The van der Waals surface area contributed by atoms with Crippen molar-refractivity contribution in [2.75, 3.05) is 33.9 Å². The number of hydrogen-bond donors (Lipinski definition) is 2. The molecular formula is C17H30INO5. The van der Waals surface area contributed by atoms with Crippen LogP contribution >= 0.6 is 0 Å². The third-order valence-corrected chi connectivity index (χ3v) is 5.67. The SMILES string of the molecule is COC(C)C(O)(C(=O)OCC1=CC[N+]2(C)CC[C@@H](O)[C@@H]12)C(C)C.[I-]. The van der Waals surface area contributed by atoms with E-state index >= 15 is 0 Å². The minimum absolute atomic E-state index is 0. The molecule has 0 bridgehead atoms. The molecular weight excluding hydrogens is 425 g/mol. The van der Waals surface area contributed by atoms with Crippen LogP contribution in [0.25, 0.3) is 0 Å². The van der Waals surface area contributed by atoms with Crippen molar-refractivity contribution in [3.05, 3.63) is 11.6 Å². The number of aliphatic hydroxyl groups excluding tert-OH is 1. The van der Waals surface area contributed by atoms with Gasteiger partial charge in [0.25, 0.3) is 0 Å². The van der Waals surface area contributed by atoms with Crippen molar-refractivity contribution in [2.24, 2.45) is 5.92 Å². The second-order valence-electron chi connectivity index (χ2n) is 7.40. The fourth-order valence-corrected chi connectivity index (χ4v) is 3.90. The van der Waals surface area contributed by atoms with Crippen LogP contribution in [0, 0.1) is 5.92 Å². The van der Waals surface area contributed by atoms with E-state index in [4.69, 9.17) is 9.47 Å². The minimum Gasteiger partial charge on any atom is -1.00 e. The molecule has 1 saturated heterocycles. The number of fused-ring (bicyclic) bond motifs is 1. The first-order valence-corrected chi connectivity index (χ1v) is 8.30. The summed E-state index contributed by atoms with van der Waals surface area (Å²) in [6.07, 6.45) is 1.76. The van der Waals surface area contributed by atoms with Crippen LogP contribution in [0.3, 0.4) is 0 Å². The van der Waals surface area contributed by atoms with E-state index in [9.17, 15) is 15.0 Å². The number of ether oxygens (including phenoxy) is 2. The molecule has 0 radical (unpaired) electrons. The number of carbonyl (C=O) groups is 1. The zero-order valence-corrected chi connectivity index (χ0v) is 17.3. The van der Waals surface area contributed by atoms with Crippen molar-refractivity contribution in [3.8, 4) is 0 Å². The molecule has 2 rings (SSSR count). The molecule has 2 aliphatic heterocycles. The van der Waals surface area contributed by atoms with Gasteiger partial charge in [-0.05, 0) is 18.9 Å². The van der Waals surface area contributed by atoms with Crippen molar-refractivity contribution < 1.29 is 52.9 Å². The molecule has 2 N–H and O–H groups in total. The standard InChI is InChI=1S/C17H30NO5.HI/c1-11(2)17(21,12(3)22-5)16(20)23-10-13-6-8-18(4)9-7-14(19)15(13)18;/h6,11-12,14-15,19,21H,7-10H2,1-5H3;1H/q+1;/p-1/t12?,14-,15-,17?,18?;/m1./s1. The topological polar surface area (TPSA) is 76.0 Å². The molecule has 0 aliphatic carbocycles. The molecule has 3 unspecified atom stereocenters. The maximum absolute atomic E-state index is 12.5. The lowest BCUT2D eigenvalue weighted by atomic mass is 9.85. The Bertz CT molecular complexity index is 497. The number of quaternary nitrogens is 1. The molecule has 2 heterocycles. The van der Waals surface area contributed by atoms with E-state index in [1.807, 2.05) is 0 Å². The Morgan fingerprint density at radius 2 is 2.08 bits per heavy atom. The molecule has 140 valence electrons. The van der Waals surface area contributed by atoms with Gasteiger partial charge in [0, 0.05) is 19.1 Å². The van der Waals surface area contributed by atoms with Crippen molar-refractivity contribution in [1.82, 2.24) is 0 Å². The maximum Gasteiger partial charge on any atom is 0.341 e. The largest absolute Gasteiger partial charge is 1.00 e. The quantitative estimate of drug-likeness (QED) is 0.200. The van der Waals surface area contributed by atoms with Crippen LogP contribution in [0.15, 0.2) is 11.6 Å². The number of hydrogen-bond acceptors (Lipinski definition) is 5. The summed E-state index contributed by atoms with van der Waals surface area (Å²) in [6.45, 7) is 7.07. The third-order valence-electron chi connectivity index (χ3n) is 5.67. The first-order chi connectivity index (χ1) is 10.7. The molecule has 24 heavy (non-hydrogen) atoms. The molecule has 0 spiro atoms. The highest BCUT2D eigenvalue weighted by molar-refractivity contribution is 5.80. The van der Waals surface area contributed by atoms with E-state index in [2.05, 4.69) is 13.1 Å². The lowest BCUT2D eigenvalue weighted by Gasteiger charge is -2.35. The molecule has 6 nitrogen and oxygen atoms in total. The van der Waals surface area contributed by atoms with Gasteiger partial charge in [-0.15, -0.1) is 0 Å². The fraction of sp³-hybridized carbons (Fsp3) is 0.824. The van der Waals surface area contributed by atoms with Gasteiger partial charge in [-0.1, -0.05) is 13.8 Å². The van der Waals surface area contributed by atoms with Crippen molar-refractivity contribution >= 4 is 5.97 Å². The van der Waals surface area contributed by atoms with Gasteiger partial charge < -0.3 is 48.1 Å². The van der Waals surface area contributed by atoms with E-state index < -0.39 is 23.8 Å². The van der Waals surface area contributed by atoms with Crippen LogP contribution in [0.1, 0.15) is 27.2 Å². The average molecular weight is 455 g/mol. The summed E-state index contributed by atoms with van der Waals surface area (Å²) in [5.74, 6) is -1.00. The molecule has 0 aromatic heterocycles. The highest BCUT2D eigenvalue weighted by Crippen LogP contribution is 2.35. The number of halogens is 1. The Morgan fingerprint density at radius 3 is 2.62 bits per heavy atom. The number of likely N-dealkylation sites (N-methyl/N-ethyl adjacent to an activating group) is 1. The van der Waals surface area contributed by atoms with Crippen LogP contribution in [0.2, 0.25) is 0 Å². The Hall–Kier alpha value is -0.220. The summed E-state index contributed by atoms with van der Waals surface area (Å²) in [6, 6.07) is -0.00482. The first-order valence-electron chi connectivity index (χ1n) is 8.30. The number of nitrogens with zero attached hydrogens (tertiary/aromatic N) is 1. The average Bonchev–Trinajstić information content (AvgIpc) is 2.99. The molecule has 7 heteroatoms. The molecule has 0 aromatic rings. The van der Waals surface area contributed by atoms with E-state index in [0.29, 0.717) is 0 Å². The highest BCUT2D eigenvalue weighted by Gasteiger charge is 2.51. The Labute approximate surface area is 161 Å². The van der Waals surface area contributed by atoms with Crippen molar-refractivity contribution in [2.45, 2.75) is 51.0 Å². The van der Waals surface area contributed by atoms with Crippen molar-refractivity contribution in [3.63, 3.8) is 0 Å². The zero-order valence-electron chi connectivity index (χ0n) is 15.2. The lowest BCUT2D eigenvalue weighted by Crippen LogP contribution is -3.00. The molecule has 0 saturated carbocycles. The monoisotopic (exact) mass is 455 g/mol. The molecule has 0 amide bonds. The first kappa shape index (κ1) is 21.8. The van der Waals surface area contributed by atoms with Crippen molar-refractivity contribution in [1.29, 1.82) is 0 Å². The summed E-state index contributed by atoms with van der Waals surface area (Å²) in [5, 5.41) is 20.9. The summed E-state index contributed by atoms with van der Waals surface area (Å²) in [5.41, 5.74) is -0.734. The smallest absolute Gasteiger partial charge is 0.341 e. The van der Waals surface area contributed by atoms with E-state index in [0.717, 1.165) is 29.6 Å². The van der Waals surface area contributed by atoms with Gasteiger partial charge >= 0.3 is 5.97 Å². The molecule has 0 aromatic carbocycles. The number of esters is 1. The van der Waals surface area contributed by atoms with E-state index in [-0.39, 0.29) is 42.5 Å². The van der Waals surface area contributed by atoms with Crippen LogP contribution in [-0.2, 0) is 14.3 Å². The van der Waals surface area contributed by atoms with Gasteiger partial charge in [-0.25, -0.2) is 4.79 Å². The molecule has 2 aliphatic rings. The van der Waals surface area contributed by atoms with Gasteiger partial charge in [-0.2, -0.15) is 0 Å². The highest BCUT2D eigenvalue weighted by atomic mass is 127. The van der Waals surface area contributed by atoms with Crippen LogP contribution in [0.4, 0.5) is 0 Å². The normalized spacial score (nSPS) is 32.6. The Kier molecular flexibility index (Phi) is 7.26. The fourth-order valence-electron chi connectivity index (χ4n) is 3.90. The third kappa shape index (κ3) is 3.65. The van der Waals surface area contributed by atoms with Crippen LogP contribution in [-0.4, -0.2) is 78.4 Å².